The number of rotatable bonds is 9. The van der Waals surface area contributed by atoms with Crippen LogP contribution < -0.4 is 15.4 Å². The lowest BCUT2D eigenvalue weighted by molar-refractivity contribution is 0.415. The Morgan fingerprint density at radius 1 is 1.09 bits per heavy atom. The van der Waals surface area contributed by atoms with Gasteiger partial charge in [0.15, 0.2) is 11.8 Å². The maximum Gasteiger partial charge on any atom is 0.191 e. The number of ether oxygens (including phenoxy) is 1. The molecule has 0 aliphatic rings. The first kappa shape index (κ1) is 25.2. The van der Waals surface area contributed by atoms with Crippen molar-refractivity contribution in [3.05, 3.63) is 78.4 Å². The van der Waals surface area contributed by atoms with Crippen LogP contribution in [0.1, 0.15) is 18.3 Å². The molecule has 0 fully saturated rings. The van der Waals surface area contributed by atoms with Gasteiger partial charge in [-0.2, -0.15) is 10.2 Å². The number of aromatic nitrogens is 5. The maximum absolute atomic E-state index is 5.20. The molecule has 0 saturated carbocycles. The molecule has 0 bridgehead atoms. The van der Waals surface area contributed by atoms with Crippen LogP contribution in [0.5, 0.6) is 5.75 Å². The molecule has 2 aromatic carbocycles. The van der Waals surface area contributed by atoms with E-state index < -0.39 is 0 Å². The number of hydrogen-bond acceptors (Lipinski definition) is 5. The van der Waals surface area contributed by atoms with Crippen molar-refractivity contribution in [3.63, 3.8) is 0 Å². The number of benzene rings is 2. The van der Waals surface area contributed by atoms with Crippen LogP contribution in [0.25, 0.3) is 17.1 Å². The predicted molar refractivity (Wildman–Crippen MR) is 144 cm³/mol. The van der Waals surface area contributed by atoms with Gasteiger partial charge in [-0.1, -0.05) is 12.1 Å². The minimum absolute atomic E-state index is 0. The van der Waals surface area contributed by atoms with Crippen LogP contribution >= 0.6 is 24.0 Å². The quantitative estimate of drug-likeness (QED) is 0.161. The number of hydrogen-bond donors (Lipinski definition) is 3. The Hall–Kier alpha value is -3.41. The Morgan fingerprint density at radius 3 is 2.56 bits per heavy atom. The summed E-state index contributed by atoms with van der Waals surface area (Å²) in [5.74, 6) is 2.88. The fraction of sp³-hybridized carbons (Fsp3) is 0.250. The molecule has 2 aromatic heterocycles. The first-order valence-corrected chi connectivity index (χ1v) is 10.9. The van der Waals surface area contributed by atoms with Crippen molar-refractivity contribution in [1.29, 1.82) is 0 Å². The average molecular weight is 572 g/mol. The number of aliphatic imine (C=N–C) groups is 1. The van der Waals surface area contributed by atoms with E-state index in [2.05, 4.69) is 60.2 Å². The molecule has 178 valence electrons. The molecule has 9 nitrogen and oxygen atoms in total. The van der Waals surface area contributed by atoms with Gasteiger partial charge >= 0.3 is 0 Å². The van der Waals surface area contributed by atoms with Gasteiger partial charge in [-0.25, -0.2) is 14.7 Å². The van der Waals surface area contributed by atoms with Gasteiger partial charge in [-0.15, -0.1) is 24.0 Å². The molecule has 2 heterocycles. The lowest BCUT2D eigenvalue weighted by Gasteiger charge is -2.11. The summed E-state index contributed by atoms with van der Waals surface area (Å²) >= 11 is 0. The van der Waals surface area contributed by atoms with E-state index in [0.29, 0.717) is 18.2 Å². The van der Waals surface area contributed by atoms with Crippen molar-refractivity contribution >= 4 is 29.9 Å². The summed E-state index contributed by atoms with van der Waals surface area (Å²) in [5.41, 5.74) is 3.21. The fourth-order valence-corrected chi connectivity index (χ4v) is 3.29. The van der Waals surface area contributed by atoms with E-state index in [4.69, 9.17) is 4.74 Å². The summed E-state index contributed by atoms with van der Waals surface area (Å²) in [5, 5.41) is 18.2. The molecule has 4 rings (SSSR count). The Bertz CT molecular complexity index is 1150. The molecule has 0 unspecified atom stereocenters. The van der Waals surface area contributed by atoms with Crippen LogP contribution in [0.2, 0.25) is 0 Å². The van der Waals surface area contributed by atoms with Crippen LogP contribution in [-0.4, -0.2) is 51.1 Å². The van der Waals surface area contributed by atoms with Gasteiger partial charge < -0.3 is 15.4 Å². The Morgan fingerprint density at radius 2 is 1.88 bits per heavy atom. The van der Waals surface area contributed by atoms with Gasteiger partial charge in [-0.05, 0) is 61.4 Å². The highest BCUT2D eigenvalue weighted by Gasteiger charge is 2.07. The second kappa shape index (κ2) is 12.7. The highest BCUT2D eigenvalue weighted by atomic mass is 127. The smallest absolute Gasteiger partial charge is 0.191 e. The van der Waals surface area contributed by atoms with Crippen LogP contribution in [0.3, 0.4) is 0 Å². The zero-order valence-corrected chi connectivity index (χ0v) is 21.6. The fourth-order valence-electron chi connectivity index (χ4n) is 3.29. The number of methoxy groups -OCH3 is 1. The second-order valence-corrected chi connectivity index (χ2v) is 7.32. The second-order valence-electron chi connectivity index (χ2n) is 7.32. The van der Waals surface area contributed by atoms with Crippen LogP contribution in [-0.2, 0) is 13.0 Å². The van der Waals surface area contributed by atoms with E-state index in [1.807, 2.05) is 48.1 Å². The van der Waals surface area contributed by atoms with Crippen LogP contribution in [0.4, 0.5) is 0 Å². The van der Waals surface area contributed by atoms with E-state index in [1.165, 1.54) is 5.56 Å². The number of guanidine groups is 1. The summed E-state index contributed by atoms with van der Waals surface area (Å²) in [6, 6.07) is 18.0. The molecule has 0 amide bonds. The maximum atomic E-state index is 5.20. The van der Waals surface area contributed by atoms with E-state index >= 15 is 0 Å². The lowest BCUT2D eigenvalue weighted by Crippen LogP contribution is -2.38. The molecular formula is C24H29IN8O. The molecule has 3 N–H and O–H groups in total. The van der Waals surface area contributed by atoms with E-state index in [9.17, 15) is 0 Å². The summed E-state index contributed by atoms with van der Waals surface area (Å²) < 4.78 is 7.04. The van der Waals surface area contributed by atoms with Gasteiger partial charge in [0.1, 0.15) is 18.1 Å². The summed E-state index contributed by atoms with van der Waals surface area (Å²) in [6.07, 6.45) is 4.59. The molecule has 0 aliphatic carbocycles. The van der Waals surface area contributed by atoms with Gasteiger partial charge in [0, 0.05) is 31.0 Å². The predicted octanol–water partition coefficient (Wildman–Crippen LogP) is 3.58. The normalized spacial score (nSPS) is 11.1. The van der Waals surface area contributed by atoms with Gasteiger partial charge in [0.05, 0.1) is 12.8 Å². The Labute approximate surface area is 216 Å². The van der Waals surface area contributed by atoms with Gasteiger partial charge in [0.25, 0.3) is 0 Å². The monoisotopic (exact) mass is 572 g/mol. The lowest BCUT2D eigenvalue weighted by atomic mass is 10.1. The van der Waals surface area contributed by atoms with E-state index in [-0.39, 0.29) is 24.0 Å². The molecule has 34 heavy (non-hydrogen) atoms. The summed E-state index contributed by atoms with van der Waals surface area (Å²) in [4.78, 5) is 9.17. The largest absolute Gasteiger partial charge is 0.497 e. The minimum Gasteiger partial charge on any atom is -0.497 e. The molecule has 0 radical (unpaired) electrons. The van der Waals surface area contributed by atoms with Crippen LogP contribution in [0, 0.1) is 0 Å². The first-order chi connectivity index (χ1) is 16.2. The van der Waals surface area contributed by atoms with Crippen molar-refractivity contribution in [2.24, 2.45) is 4.99 Å². The van der Waals surface area contributed by atoms with Crippen molar-refractivity contribution in [2.45, 2.75) is 19.9 Å². The molecule has 0 aliphatic heterocycles. The third-order valence-electron chi connectivity index (χ3n) is 5.02. The zero-order valence-electron chi connectivity index (χ0n) is 19.2. The highest BCUT2D eigenvalue weighted by Crippen LogP contribution is 2.19. The molecular weight excluding hydrogens is 543 g/mol. The van der Waals surface area contributed by atoms with Crippen molar-refractivity contribution in [3.8, 4) is 22.8 Å². The van der Waals surface area contributed by atoms with Gasteiger partial charge in [0.2, 0.25) is 0 Å². The third-order valence-corrected chi connectivity index (χ3v) is 5.02. The summed E-state index contributed by atoms with van der Waals surface area (Å²) in [7, 11) is 1.65. The number of aromatic amines is 1. The minimum atomic E-state index is 0. The Kier molecular flexibility index (Phi) is 9.44. The molecule has 0 spiro atoms. The SMILES string of the molecule is CCNC(=NCc1nc(-c2ccc(OC)cc2)n[nH]1)NCCc1ccc(-n2cccn2)cc1.I. The average Bonchev–Trinajstić information content (AvgIpc) is 3.56. The van der Waals surface area contributed by atoms with E-state index in [1.54, 1.807) is 13.3 Å². The number of halogens is 1. The number of H-pyrrole nitrogens is 1. The van der Waals surface area contributed by atoms with E-state index in [0.717, 1.165) is 42.5 Å². The number of nitrogens with one attached hydrogen (secondary N) is 3. The van der Waals surface area contributed by atoms with Gasteiger partial charge in [-0.3, -0.25) is 5.10 Å². The van der Waals surface area contributed by atoms with Crippen molar-refractivity contribution in [1.82, 2.24) is 35.6 Å². The number of nitrogens with zero attached hydrogens (tertiary/aromatic N) is 5. The zero-order chi connectivity index (χ0) is 22.9. The van der Waals surface area contributed by atoms with Crippen molar-refractivity contribution in [2.75, 3.05) is 20.2 Å². The molecule has 0 atom stereocenters. The Balaban J connectivity index is 0.00000324. The molecule has 4 aromatic rings. The topological polar surface area (TPSA) is 105 Å². The molecule has 10 heteroatoms. The van der Waals surface area contributed by atoms with Crippen LogP contribution in [0.15, 0.2) is 72.0 Å². The first-order valence-electron chi connectivity index (χ1n) is 10.9. The summed E-state index contributed by atoms with van der Waals surface area (Å²) in [6.45, 7) is 3.98. The van der Waals surface area contributed by atoms with Crippen molar-refractivity contribution < 1.29 is 4.74 Å². The molecule has 0 saturated heterocycles. The third kappa shape index (κ3) is 6.80. The standard InChI is InChI=1S/C24H28N8O.HI/c1-3-25-24(26-15-13-18-5-9-20(10-6-18)32-16-4-14-28-32)27-17-22-29-23(31-30-22)19-7-11-21(33-2)12-8-19;/h4-12,14,16H,3,13,15,17H2,1-2H3,(H2,25,26,27)(H,29,30,31);1H. The highest BCUT2D eigenvalue weighted by molar-refractivity contribution is 14.0.